The summed E-state index contributed by atoms with van der Waals surface area (Å²) in [6.45, 7) is 4.82. The van der Waals surface area contributed by atoms with Crippen LogP contribution in [0.3, 0.4) is 0 Å². The number of hydrogen-bond donors (Lipinski definition) is 2. The summed E-state index contributed by atoms with van der Waals surface area (Å²) in [5, 5.41) is 11.8. The molecule has 0 rings (SSSR count). The lowest BCUT2D eigenvalue weighted by atomic mass is 10.0. The Hall–Kier alpha value is -1.59. The van der Waals surface area contributed by atoms with Gasteiger partial charge in [0.25, 0.3) is 0 Å². The van der Waals surface area contributed by atoms with Crippen molar-refractivity contribution >= 4 is 17.8 Å². The smallest absolute Gasteiger partial charge is 0.328 e. The lowest BCUT2D eigenvalue weighted by Gasteiger charge is -2.17. The quantitative estimate of drug-likeness (QED) is 0.0609. The molecule has 0 saturated heterocycles. The van der Waals surface area contributed by atoms with Crippen molar-refractivity contribution < 1.29 is 24.2 Å². The number of aliphatic carboxylic acids is 1. The Morgan fingerprint density at radius 2 is 0.902 bits per heavy atom. The third-order valence-electron chi connectivity index (χ3n) is 8.02. The lowest BCUT2D eigenvalue weighted by Crippen LogP contribution is -2.42. The van der Waals surface area contributed by atoms with Crippen molar-refractivity contribution in [2.45, 2.75) is 200 Å². The van der Waals surface area contributed by atoms with Crippen LogP contribution in [0.15, 0.2) is 0 Å². The minimum absolute atomic E-state index is 0.0661. The fourth-order valence-corrected chi connectivity index (χ4v) is 5.30. The van der Waals surface area contributed by atoms with Crippen LogP contribution in [-0.2, 0) is 19.1 Å². The number of carbonyl (C=O) groups excluding carboxylic acids is 2. The molecule has 0 radical (unpaired) electrons. The molecule has 0 aromatic heterocycles. The van der Waals surface area contributed by atoms with E-state index in [-0.39, 0.29) is 18.7 Å². The molecule has 0 unspecified atom stereocenters. The van der Waals surface area contributed by atoms with Gasteiger partial charge in [-0.2, -0.15) is 0 Å². The van der Waals surface area contributed by atoms with Gasteiger partial charge in [0.05, 0.1) is 6.61 Å². The predicted molar refractivity (Wildman–Crippen MR) is 171 cm³/mol. The molecule has 6 nitrogen and oxygen atoms in total. The van der Waals surface area contributed by atoms with Crippen LogP contribution in [0.2, 0.25) is 0 Å². The van der Waals surface area contributed by atoms with Crippen LogP contribution in [0.1, 0.15) is 194 Å². The van der Waals surface area contributed by atoms with Crippen molar-refractivity contribution in [2.75, 3.05) is 6.61 Å². The minimum Gasteiger partial charge on any atom is -0.481 e. The Bertz CT molecular complexity index is 609. The van der Waals surface area contributed by atoms with Gasteiger partial charge in [-0.15, -0.1) is 0 Å². The van der Waals surface area contributed by atoms with E-state index in [1.165, 1.54) is 122 Å². The summed E-state index contributed by atoms with van der Waals surface area (Å²) in [6.07, 6.45) is 31.4. The molecule has 41 heavy (non-hydrogen) atoms. The number of esters is 1. The zero-order valence-corrected chi connectivity index (χ0v) is 27.2. The molecule has 0 heterocycles. The first-order chi connectivity index (χ1) is 20.0. The number of carboxylic acid groups (broad SMARTS) is 1. The molecule has 0 spiro atoms. The maximum Gasteiger partial charge on any atom is 0.328 e. The summed E-state index contributed by atoms with van der Waals surface area (Å²) in [4.78, 5) is 36.0. The fourth-order valence-electron chi connectivity index (χ4n) is 5.30. The van der Waals surface area contributed by atoms with Gasteiger partial charge in [-0.05, 0) is 19.3 Å². The second-order valence-electron chi connectivity index (χ2n) is 12.1. The number of unbranched alkanes of at least 4 members (excludes halogenated alkanes) is 23. The molecular weight excluding hydrogens is 514 g/mol. The second-order valence-corrected chi connectivity index (χ2v) is 12.1. The summed E-state index contributed by atoms with van der Waals surface area (Å²) in [5.41, 5.74) is 0. The molecule has 0 aliphatic carbocycles. The fraction of sp³-hybridized carbons (Fsp3) is 0.914. The number of nitrogens with one attached hydrogen (secondary N) is 1. The third kappa shape index (κ3) is 29.7. The standard InChI is InChI=1S/C35H67NO5/c1-3-5-7-9-11-13-14-15-16-17-18-19-21-23-25-27-31-41-35(40)32(29-30-34(38)39)36-33(37)28-26-24-22-20-12-10-8-6-4-2/h32H,3-31H2,1-2H3,(H,36,37)(H,38,39)/t32-/m0/s1. The van der Waals surface area contributed by atoms with Crippen molar-refractivity contribution in [3.63, 3.8) is 0 Å². The van der Waals surface area contributed by atoms with E-state index in [0.29, 0.717) is 13.0 Å². The Labute approximate surface area is 253 Å². The van der Waals surface area contributed by atoms with E-state index in [4.69, 9.17) is 9.84 Å². The van der Waals surface area contributed by atoms with Crippen LogP contribution in [0.4, 0.5) is 0 Å². The Morgan fingerprint density at radius 1 is 0.537 bits per heavy atom. The summed E-state index contributed by atoms with van der Waals surface area (Å²) in [6, 6.07) is -0.877. The van der Waals surface area contributed by atoms with Crippen molar-refractivity contribution in [1.82, 2.24) is 5.32 Å². The average Bonchev–Trinajstić information content (AvgIpc) is 2.95. The van der Waals surface area contributed by atoms with Crippen LogP contribution in [0, 0.1) is 0 Å². The highest BCUT2D eigenvalue weighted by molar-refractivity contribution is 5.84. The van der Waals surface area contributed by atoms with E-state index < -0.39 is 18.0 Å². The molecule has 0 aliphatic heterocycles. The van der Waals surface area contributed by atoms with Gasteiger partial charge < -0.3 is 15.2 Å². The van der Waals surface area contributed by atoms with E-state index in [1.807, 2.05) is 0 Å². The number of rotatable bonds is 32. The molecule has 0 fully saturated rings. The number of hydrogen-bond acceptors (Lipinski definition) is 4. The number of amides is 1. The Morgan fingerprint density at radius 3 is 1.29 bits per heavy atom. The van der Waals surface area contributed by atoms with Crippen molar-refractivity contribution in [3.8, 4) is 0 Å². The zero-order valence-electron chi connectivity index (χ0n) is 27.2. The van der Waals surface area contributed by atoms with Crippen molar-refractivity contribution in [3.05, 3.63) is 0 Å². The highest BCUT2D eigenvalue weighted by Gasteiger charge is 2.23. The van der Waals surface area contributed by atoms with Crippen LogP contribution >= 0.6 is 0 Å². The molecule has 2 N–H and O–H groups in total. The number of carbonyl (C=O) groups is 3. The van der Waals surface area contributed by atoms with Crippen molar-refractivity contribution in [2.24, 2.45) is 0 Å². The molecule has 1 amide bonds. The number of ether oxygens (including phenoxy) is 1. The SMILES string of the molecule is CCCCCCCCCCCCCCCCCCOC(=O)[C@H](CCC(=O)O)NC(=O)CCCCCCCCCCC. The summed E-state index contributed by atoms with van der Waals surface area (Å²) in [7, 11) is 0. The van der Waals surface area contributed by atoms with Crippen LogP contribution in [0.5, 0.6) is 0 Å². The normalized spacial score (nSPS) is 11.9. The van der Waals surface area contributed by atoms with E-state index in [1.54, 1.807) is 0 Å². The lowest BCUT2D eigenvalue weighted by molar-refractivity contribution is -0.148. The number of carboxylic acids is 1. The zero-order chi connectivity index (χ0) is 30.2. The maximum absolute atomic E-state index is 12.5. The highest BCUT2D eigenvalue weighted by Crippen LogP contribution is 2.14. The molecule has 0 bridgehead atoms. The highest BCUT2D eigenvalue weighted by atomic mass is 16.5. The second kappa shape index (κ2) is 31.3. The Balaban J connectivity index is 3.83. The van der Waals surface area contributed by atoms with Gasteiger partial charge in [0.15, 0.2) is 0 Å². The first-order valence-electron chi connectivity index (χ1n) is 17.7. The van der Waals surface area contributed by atoms with Crippen LogP contribution < -0.4 is 5.32 Å². The summed E-state index contributed by atoms with van der Waals surface area (Å²) >= 11 is 0. The molecular formula is C35H67NO5. The summed E-state index contributed by atoms with van der Waals surface area (Å²) in [5.74, 6) is -1.68. The van der Waals surface area contributed by atoms with Gasteiger partial charge in [-0.3, -0.25) is 9.59 Å². The monoisotopic (exact) mass is 582 g/mol. The average molecular weight is 582 g/mol. The van der Waals surface area contributed by atoms with Crippen LogP contribution in [0.25, 0.3) is 0 Å². The van der Waals surface area contributed by atoms with Gasteiger partial charge in [0.1, 0.15) is 6.04 Å². The molecule has 242 valence electrons. The molecule has 0 aromatic rings. The first kappa shape index (κ1) is 39.4. The van der Waals surface area contributed by atoms with E-state index in [9.17, 15) is 14.4 Å². The molecule has 0 aromatic carbocycles. The van der Waals surface area contributed by atoms with E-state index in [0.717, 1.165) is 38.5 Å². The Kier molecular flexibility index (Phi) is 30.1. The van der Waals surface area contributed by atoms with Crippen molar-refractivity contribution in [1.29, 1.82) is 0 Å². The van der Waals surface area contributed by atoms with Gasteiger partial charge in [-0.25, -0.2) is 4.79 Å². The topological polar surface area (TPSA) is 92.7 Å². The maximum atomic E-state index is 12.5. The molecule has 6 heteroatoms. The predicted octanol–water partition coefficient (Wildman–Crippen LogP) is 10.1. The van der Waals surface area contributed by atoms with E-state index in [2.05, 4.69) is 19.2 Å². The minimum atomic E-state index is -0.978. The molecule has 0 saturated carbocycles. The van der Waals surface area contributed by atoms with Gasteiger partial charge >= 0.3 is 11.9 Å². The van der Waals surface area contributed by atoms with E-state index >= 15 is 0 Å². The van der Waals surface area contributed by atoms with Gasteiger partial charge in [0.2, 0.25) is 5.91 Å². The van der Waals surface area contributed by atoms with Crippen LogP contribution in [-0.4, -0.2) is 35.6 Å². The summed E-state index contributed by atoms with van der Waals surface area (Å²) < 4.78 is 5.41. The van der Waals surface area contributed by atoms with Gasteiger partial charge in [-0.1, -0.05) is 162 Å². The largest absolute Gasteiger partial charge is 0.481 e. The first-order valence-corrected chi connectivity index (χ1v) is 17.7. The van der Waals surface area contributed by atoms with Gasteiger partial charge in [0, 0.05) is 12.8 Å². The molecule has 0 aliphatic rings. The molecule has 1 atom stereocenters. The third-order valence-corrected chi connectivity index (χ3v) is 8.02.